The largest absolute Gasteiger partial charge is 0.473 e. The molecule has 0 bridgehead atoms. The Labute approximate surface area is 142 Å². The van der Waals surface area contributed by atoms with E-state index in [-0.39, 0.29) is 6.10 Å². The van der Waals surface area contributed by atoms with E-state index in [9.17, 15) is 8.42 Å². The number of nitrogens with zero attached hydrogens (tertiary/aromatic N) is 3. The highest BCUT2D eigenvalue weighted by Crippen LogP contribution is 2.24. The molecule has 0 spiro atoms. The second-order valence-electron chi connectivity index (χ2n) is 6.10. The summed E-state index contributed by atoms with van der Waals surface area (Å²) in [5.41, 5.74) is 1.87. The molecule has 6 nitrogen and oxygen atoms in total. The average Bonchev–Trinajstić information content (AvgIpc) is 2.96. The fourth-order valence-electron chi connectivity index (χ4n) is 2.79. The third-order valence-corrected chi connectivity index (χ3v) is 5.88. The Kier molecular flexibility index (Phi) is 4.56. The van der Waals surface area contributed by atoms with Crippen LogP contribution < -0.4 is 4.74 Å². The number of ether oxygens (including phenoxy) is 1. The van der Waals surface area contributed by atoms with Crippen LogP contribution in [0.15, 0.2) is 35.2 Å². The number of aryl methyl sites for hydroxylation is 3. The van der Waals surface area contributed by atoms with Crippen LogP contribution in [0.5, 0.6) is 5.88 Å². The first-order valence-corrected chi connectivity index (χ1v) is 9.34. The molecule has 0 radical (unpaired) electrons. The lowest BCUT2D eigenvalue weighted by Crippen LogP contribution is -2.31. The fourth-order valence-corrected chi connectivity index (χ4v) is 4.27. The molecular weight excluding hydrogens is 326 g/mol. The van der Waals surface area contributed by atoms with Crippen molar-refractivity contribution in [2.45, 2.75) is 38.2 Å². The van der Waals surface area contributed by atoms with Gasteiger partial charge in [0.1, 0.15) is 11.9 Å². The maximum atomic E-state index is 12.7. The zero-order valence-corrected chi connectivity index (χ0v) is 14.9. The van der Waals surface area contributed by atoms with Gasteiger partial charge in [0.15, 0.2) is 0 Å². The molecule has 2 heterocycles. The maximum Gasteiger partial charge on any atom is 0.243 e. The summed E-state index contributed by atoms with van der Waals surface area (Å²) < 4.78 is 32.7. The van der Waals surface area contributed by atoms with Crippen LogP contribution in [0.2, 0.25) is 0 Å². The SMILES string of the molecule is Cc1ccc(S(=O)(=O)N2CCC(Oc3cc(C)nc(C)n3)C2)cc1. The van der Waals surface area contributed by atoms with E-state index < -0.39 is 10.0 Å². The van der Waals surface area contributed by atoms with E-state index in [1.54, 1.807) is 18.2 Å². The Bertz CT molecular complexity index is 814. The molecule has 0 aliphatic carbocycles. The van der Waals surface area contributed by atoms with Crippen molar-refractivity contribution in [3.8, 4) is 5.88 Å². The number of hydrogen-bond donors (Lipinski definition) is 0. The van der Waals surface area contributed by atoms with Gasteiger partial charge in [-0.3, -0.25) is 0 Å². The van der Waals surface area contributed by atoms with Crippen molar-refractivity contribution < 1.29 is 13.2 Å². The van der Waals surface area contributed by atoms with Crippen LogP contribution in [0.4, 0.5) is 0 Å². The highest BCUT2D eigenvalue weighted by Gasteiger charge is 2.33. The highest BCUT2D eigenvalue weighted by atomic mass is 32.2. The van der Waals surface area contributed by atoms with Crippen molar-refractivity contribution in [1.82, 2.24) is 14.3 Å². The Hall–Kier alpha value is -1.99. The van der Waals surface area contributed by atoms with E-state index in [1.165, 1.54) is 4.31 Å². The molecule has 1 fully saturated rings. The van der Waals surface area contributed by atoms with E-state index in [0.29, 0.717) is 36.1 Å². The monoisotopic (exact) mass is 347 g/mol. The van der Waals surface area contributed by atoms with Crippen LogP contribution in [-0.4, -0.2) is 41.9 Å². The molecule has 1 aliphatic rings. The lowest BCUT2D eigenvalue weighted by Gasteiger charge is -2.17. The van der Waals surface area contributed by atoms with Gasteiger partial charge in [0.2, 0.25) is 15.9 Å². The van der Waals surface area contributed by atoms with Crippen LogP contribution >= 0.6 is 0 Å². The van der Waals surface area contributed by atoms with Gasteiger partial charge in [0.05, 0.1) is 11.4 Å². The number of hydrogen-bond acceptors (Lipinski definition) is 5. The summed E-state index contributed by atoms with van der Waals surface area (Å²) in [5.74, 6) is 1.15. The van der Waals surface area contributed by atoms with Gasteiger partial charge in [0, 0.05) is 18.3 Å². The third kappa shape index (κ3) is 3.57. The van der Waals surface area contributed by atoms with Crippen molar-refractivity contribution in [3.05, 3.63) is 47.4 Å². The smallest absolute Gasteiger partial charge is 0.243 e. The van der Waals surface area contributed by atoms with Gasteiger partial charge in [0.25, 0.3) is 0 Å². The molecule has 24 heavy (non-hydrogen) atoms. The standard InChI is InChI=1S/C17H21N3O3S/c1-12-4-6-16(7-5-12)24(21,22)20-9-8-15(11-20)23-17-10-13(2)18-14(3)19-17/h4-7,10,15H,8-9,11H2,1-3H3. The Balaban J connectivity index is 1.71. The summed E-state index contributed by atoms with van der Waals surface area (Å²) in [4.78, 5) is 8.79. The molecule has 3 rings (SSSR count). The molecule has 1 unspecified atom stereocenters. The Morgan fingerprint density at radius 1 is 1.12 bits per heavy atom. The van der Waals surface area contributed by atoms with Crippen LogP contribution in [0.25, 0.3) is 0 Å². The second kappa shape index (κ2) is 6.49. The van der Waals surface area contributed by atoms with E-state index in [4.69, 9.17) is 4.74 Å². The van der Waals surface area contributed by atoms with Crippen molar-refractivity contribution >= 4 is 10.0 Å². The minimum absolute atomic E-state index is 0.195. The van der Waals surface area contributed by atoms with E-state index >= 15 is 0 Å². The van der Waals surface area contributed by atoms with E-state index in [2.05, 4.69) is 9.97 Å². The third-order valence-electron chi connectivity index (χ3n) is 4.00. The molecule has 1 aromatic carbocycles. The summed E-state index contributed by atoms with van der Waals surface area (Å²) in [6.07, 6.45) is 0.451. The molecule has 0 N–H and O–H groups in total. The van der Waals surface area contributed by atoms with E-state index in [1.807, 2.05) is 32.9 Å². The molecule has 1 atom stereocenters. The number of rotatable bonds is 4. The minimum Gasteiger partial charge on any atom is -0.473 e. The van der Waals surface area contributed by atoms with Crippen LogP contribution in [0.1, 0.15) is 23.5 Å². The predicted molar refractivity (Wildman–Crippen MR) is 90.5 cm³/mol. The summed E-state index contributed by atoms with van der Waals surface area (Å²) in [7, 11) is -3.48. The fraction of sp³-hybridized carbons (Fsp3) is 0.412. The molecule has 0 amide bonds. The van der Waals surface area contributed by atoms with Gasteiger partial charge in [-0.1, -0.05) is 17.7 Å². The molecule has 2 aromatic rings. The second-order valence-corrected chi connectivity index (χ2v) is 8.04. The summed E-state index contributed by atoms with van der Waals surface area (Å²) in [6.45, 7) is 6.40. The number of sulfonamides is 1. The molecule has 0 saturated carbocycles. The van der Waals surface area contributed by atoms with Gasteiger partial charge in [-0.15, -0.1) is 0 Å². The maximum absolute atomic E-state index is 12.7. The normalized spacial score (nSPS) is 18.7. The van der Waals surface area contributed by atoms with Gasteiger partial charge in [-0.25, -0.2) is 13.4 Å². The van der Waals surface area contributed by atoms with Crippen molar-refractivity contribution in [2.24, 2.45) is 0 Å². The molecule has 128 valence electrons. The van der Waals surface area contributed by atoms with Crippen molar-refractivity contribution in [2.75, 3.05) is 13.1 Å². The first-order chi connectivity index (χ1) is 11.3. The molecule has 7 heteroatoms. The molecule has 1 aliphatic heterocycles. The van der Waals surface area contributed by atoms with Crippen LogP contribution in [0.3, 0.4) is 0 Å². The first-order valence-electron chi connectivity index (χ1n) is 7.90. The Morgan fingerprint density at radius 2 is 1.83 bits per heavy atom. The zero-order chi connectivity index (χ0) is 17.3. The van der Waals surface area contributed by atoms with Crippen molar-refractivity contribution in [3.63, 3.8) is 0 Å². The van der Waals surface area contributed by atoms with Gasteiger partial charge < -0.3 is 4.74 Å². The van der Waals surface area contributed by atoms with Crippen molar-refractivity contribution in [1.29, 1.82) is 0 Å². The van der Waals surface area contributed by atoms with Gasteiger partial charge in [-0.05, 0) is 39.3 Å². The average molecular weight is 347 g/mol. The lowest BCUT2D eigenvalue weighted by molar-refractivity contribution is 0.206. The molecular formula is C17H21N3O3S. The number of benzene rings is 1. The summed E-state index contributed by atoms with van der Waals surface area (Å²) in [6, 6.07) is 8.68. The molecule has 1 saturated heterocycles. The highest BCUT2D eigenvalue weighted by molar-refractivity contribution is 7.89. The van der Waals surface area contributed by atoms with Crippen LogP contribution in [-0.2, 0) is 10.0 Å². The Morgan fingerprint density at radius 3 is 2.50 bits per heavy atom. The quantitative estimate of drug-likeness (QED) is 0.848. The number of aromatic nitrogens is 2. The topological polar surface area (TPSA) is 72.4 Å². The minimum atomic E-state index is -3.48. The summed E-state index contributed by atoms with van der Waals surface area (Å²) in [5, 5.41) is 0. The first kappa shape index (κ1) is 16.9. The van der Waals surface area contributed by atoms with Gasteiger partial charge >= 0.3 is 0 Å². The van der Waals surface area contributed by atoms with Crippen LogP contribution in [0, 0.1) is 20.8 Å². The zero-order valence-electron chi connectivity index (χ0n) is 14.1. The summed E-state index contributed by atoms with van der Waals surface area (Å²) >= 11 is 0. The van der Waals surface area contributed by atoms with E-state index in [0.717, 1.165) is 11.3 Å². The lowest BCUT2D eigenvalue weighted by atomic mass is 10.2. The molecule has 1 aromatic heterocycles. The van der Waals surface area contributed by atoms with Gasteiger partial charge in [-0.2, -0.15) is 9.29 Å². The predicted octanol–water partition coefficient (Wildman–Crippen LogP) is 2.24.